The zero-order valence-corrected chi connectivity index (χ0v) is 8.36. The minimum Gasteiger partial charge on any atom is -0.435 e. The summed E-state index contributed by atoms with van der Waals surface area (Å²) in [6, 6.07) is 0. The molecule has 1 atom stereocenters. The van der Waals surface area contributed by atoms with Crippen LogP contribution in [0.25, 0.3) is 0 Å². The van der Waals surface area contributed by atoms with Crippen LogP contribution in [-0.2, 0) is 14.3 Å². The van der Waals surface area contributed by atoms with E-state index in [1.165, 1.54) is 6.92 Å². The van der Waals surface area contributed by atoms with Gasteiger partial charge in [-0.1, -0.05) is 6.58 Å². The first-order valence-electron chi connectivity index (χ1n) is 4.72. The highest BCUT2D eigenvalue weighted by atomic mass is 16.5. The molecule has 1 aliphatic rings. The third-order valence-electron chi connectivity index (χ3n) is 2.40. The van der Waals surface area contributed by atoms with Crippen molar-refractivity contribution in [3.63, 3.8) is 0 Å². The summed E-state index contributed by atoms with van der Waals surface area (Å²) >= 11 is 0. The first kappa shape index (κ1) is 10.8. The molecule has 14 heavy (non-hydrogen) atoms. The van der Waals surface area contributed by atoms with Gasteiger partial charge < -0.3 is 9.64 Å². The van der Waals surface area contributed by atoms with Gasteiger partial charge in [-0.3, -0.25) is 9.59 Å². The van der Waals surface area contributed by atoms with Crippen molar-refractivity contribution in [2.45, 2.75) is 19.8 Å². The van der Waals surface area contributed by atoms with E-state index in [2.05, 4.69) is 6.58 Å². The highest BCUT2D eigenvalue weighted by Crippen LogP contribution is 2.17. The van der Waals surface area contributed by atoms with Crippen LogP contribution in [0.15, 0.2) is 12.8 Å². The van der Waals surface area contributed by atoms with E-state index in [0.29, 0.717) is 6.54 Å². The number of amides is 1. The fourth-order valence-electron chi connectivity index (χ4n) is 1.63. The van der Waals surface area contributed by atoms with E-state index in [1.807, 2.05) is 0 Å². The molecular weight excluding hydrogens is 182 g/mol. The largest absolute Gasteiger partial charge is 0.435 e. The Morgan fingerprint density at radius 3 is 2.86 bits per heavy atom. The summed E-state index contributed by atoms with van der Waals surface area (Å²) in [6.45, 7) is 6.06. The van der Waals surface area contributed by atoms with Crippen LogP contribution in [0.3, 0.4) is 0 Å². The van der Waals surface area contributed by atoms with Crippen LogP contribution >= 0.6 is 0 Å². The molecular formula is C10H15NO3. The summed E-state index contributed by atoms with van der Waals surface area (Å²) in [4.78, 5) is 24.1. The van der Waals surface area contributed by atoms with Gasteiger partial charge in [0.05, 0.1) is 12.2 Å². The molecule has 0 bridgehead atoms. The van der Waals surface area contributed by atoms with Crippen molar-refractivity contribution in [1.29, 1.82) is 0 Å². The fraction of sp³-hybridized carbons (Fsp3) is 0.600. The topological polar surface area (TPSA) is 46.6 Å². The average molecular weight is 197 g/mol. The van der Waals surface area contributed by atoms with Gasteiger partial charge in [-0.15, -0.1) is 0 Å². The van der Waals surface area contributed by atoms with Gasteiger partial charge in [0.2, 0.25) is 5.91 Å². The van der Waals surface area contributed by atoms with Crippen LogP contribution in [0, 0.1) is 5.92 Å². The van der Waals surface area contributed by atoms with Crippen molar-refractivity contribution in [3.05, 3.63) is 12.8 Å². The van der Waals surface area contributed by atoms with Crippen molar-refractivity contribution < 1.29 is 14.3 Å². The Hall–Kier alpha value is -1.32. The Bertz CT molecular complexity index is 250. The number of piperidine rings is 1. The molecule has 4 heteroatoms. The third-order valence-corrected chi connectivity index (χ3v) is 2.40. The molecule has 1 rings (SSSR count). The first-order chi connectivity index (χ1) is 6.65. The number of likely N-dealkylation sites (tertiary alicyclic amines) is 1. The minimum absolute atomic E-state index is 0.0149. The molecule has 0 spiro atoms. The van der Waals surface area contributed by atoms with Crippen molar-refractivity contribution in [2.75, 3.05) is 13.1 Å². The molecule has 0 aromatic rings. The first-order valence-corrected chi connectivity index (χ1v) is 4.72. The number of nitrogens with zero attached hydrogens (tertiary/aromatic N) is 1. The summed E-state index contributed by atoms with van der Waals surface area (Å²) in [5.41, 5.74) is 0. The molecule has 0 saturated carbocycles. The molecule has 1 aliphatic heterocycles. The summed E-state index contributed by atoms with van der Waals surface area (Å²) in [7, 11) is 0. The van der Waals surface area contributed by atoms with Crippen LogP contribution < -0.4 is 0 Å². The Morgan fingerprint density at radius 1 is 1.57 bits per heavy atom. The van der Waals surface area contributed by atoms with Crippen LogP contribution in [0.2, 0.25) is 0 Å². The molecule has 4 nitrogen and oxygen atoms in total. The summed E-state index contributed by atoms with van der Waals surface area (Å²) in [5, 5.41) is 0. The van der Waals surface area contributed by atoms with E-state index in [4.69, 9.17) is 4.74 Å². The Labute approximate surface area is 83.5 Å². The lowest BCUT2D eigenvalue weighted by atomic mass is 9.98. The number of ether oxygens (including phenoxy) is 1. The second kappa shape index (κ2) is 4.79. The standard InChI is InChI=1S/C10H15NO3/c1-3-14-10(13)9-5-4-6-11(7-9)8(2)12/h3,9H,1,4-7H2,2H3. The number of hydrogen-bond acceptors (Lipinski definition) is 3. The van der Waals surface area contributed by atoms with Gasteiger partial charge in [0, 0.05) is 20.0 Å². The molecule has 1 heterocycles. The average Bonchev–Trinajstić information content (AvgIpc) is 2.18. The van der Waals surface area contributed by atoms with Crippen LogP contribution in [0.1, 0.15) is 19.8 Å². The normalized spacial score (nSPS) is 21.5. The highest BCUT2D eigenvalue weighted by Gasteiger charge is 2.27. The monoisotopic (exact) mass is 197 g/mol. The van der Waals surface area contributed by atoms with Crippen molar-refractivity contribution >= 4 is 11.9 Å². The minimum atomic E-state index is -0.286. The van der Waals surface area contributed by atoms with Crippen LogP contribution in [-0.4, -0.2) is 29.9 Å². The van der Waals surface area contributed by atoms with Gasteiger partial charge >= 0.3 is 5.97 Å². The Balaban J connectivity index is 2.51. The van der Waals surface area contributed by atoms with Crippen LogP contribution in [0.5, 0.6) is 0 Å². The molecule has 1 saturated heterocycles. The second-order valence-corrected chi connectivity index (χ2v) is 3.41. The molecule has 0 aromatic carbocycles. The van der Waals surface area contributed by atoms with Gasteiger partial charge in [-0.05, 0) is 12.8 Å². The van der Waals surface area contributed by atoms with Gasteiger partial charge in [-0.25, -0.2) is 0 Å². The predicted molar refractivity (Wildman–Crippen MR) is 51.3 cm³/mol. The van der Waals surface area contributed by atoms with Gasteiger partial charge in [0.1, 0.15) is 0 Å². The molecule has 0 radical (unpaired) electrons. The zero-order chi connectivity index (χ0) is 10.6. The lowest BCUT2D eigenvalue weighted by molar-refractivity contribution is -0.146. The smallest absolute Gasteiger partial charge is 0.315 e. The van der Waals surface area contributed by atoms with E-state index >= 15 is 0 Å². The van der Waals surface area contributed by atoms with Crippen molar-refractivity contribution in [1.82, 2.24) is 4.90 Å². The quantitative estimate of drug-likeness (QED) is 0.488. The van der Waals surface area contributed by atoms with E-state index in [-0.39, 0.29) is 17.8 Å². The SMILES string of the molecule is C=COC(=O)C1CCCN(C(C)=O)C1. The van der Waals surface area contributed by atoms with Crippen LogP contribution in [0.4, 0.5) is 0 Å². The number of carbonyl (C=O) groups excluding carboxylic acids is 2. The van der Waals surface area contributed by atoms with E-state index < -0.39 is 0 Å². The fourth-order valence-corrected chi connectivity index (χ4v) is 1.63. The zero-order valence-electron chi connectivity index (χ0n) is 8.36. The van der Waals surface area contributed by atoms with Gasteiger partial charge in [0.15, 0.2) is 0 Å². The molecule has 0 N–H and O–H groups in total. The molecule has 0 aliphatic carbocycles. The number of esters is 1. The number of hydrogen-bond donors (Lipinski definition) is 0. The van der Waals surface area contributed by atoms with Crippen molar-refractivity contribution in [2.24, 2.45) is 5.92 Å². The Morgan fingerprint density at radius 2 is 2.29 bits per heavy atom. The van der Waals surface area contributed by atoms with E-state index in [1.54, 1.807) is 4.90 Å². The summed E-state index contributed by atoms with van der Waals surface area (Å²) in [6.07, 6.45) is 2.78. The lowest BCUT2D eigenvalue weighted by Gasteiger charge is -2.30. The van der Waals surface area contributed by atoms with E-state index in [0.717, 1.165) is 25.6 Å². The second-order valence-electron chi connectivity index (χ2n) is 3.41. The van der Waals surface area contributed by atoms with Crippen molar-refractivity contribution in [3.8, 4) is 0 Å². The maximum Gasteiger partial charge on any atom is 0.315 e. The maximum atomic E-state index is 11.3. The highest BCUT2D eigenvalue weighted by molar-refractivity contribution is 5.77. The molecule has 1 unspecified atom stereocenters. The predicted octanol–water partition coefficient (Wildman–Crippen LogP) is 0.932. The third kappa shape index (κ3) is 2.58. The molecule has 1 fully saturated rings. The van der Waals surface area contributed by atoms with Gasteiger partial charge in [-0.2, -0.15) is 0 Å². The Kier molecular flexibility index (Phi) is 3.68. The molecule has 78 valence electrons. The molecule has 0 aromatic heterocycles. The number of rotatable bonds is 2. The number of carbonyl (C=O) groups is 2. The summed E-state index contributed by atoms with van der Waals surface area (Å²) in [5.74, 6) is -0.460. The van der Waals surface area contributed by atoms with Gasteiger partial charge in [0.25, 0.3) is 0 Å². The maximum absolute atomic E-state index is 11.3. The summed E-state index contributed by atoms with van der Waals surface area (Å²) < 4.78 is 4.70. The molecule has 1 amide bonds. The van der Waals surface area contributed by atoms with E-state index in [9.17, 15) is 9.59 Å². The lowest BCUT2D eigenvalue weighted by Crippen LogP contribution is -2.41.